The third kappa shape index (κ3) is 3.38. The largest absolute Gasteiger partial charge is 0.455 e. The summed E-state index contributed by atoms with van der Waals surface area (Å²) >= 11 is 0. The number of Topliss-reactive ketones (excluding diaryl/α,β-unsaturated/α-hetero) is 1. The van der Waals surface area contributed by atoms with E-state index in [0.29, 0.717) is 48.5 Å². The smallest absolute Gasteiger partial charge is 0.290 e. The standard InChI is InChI=1S/C23H26FNO3/c1-14-20-18(26)12-23(2,3)13-19(20)28-21(14)22(27)25-9-5-8-17(25)11-15-6-4-7-16(24)10-15/h4,6-7,10,17H,5,8-9,11-13H2,1-3H3. The zero-order valence-electron chi connectivity index (χ0n) is 16.7. The molecular weight excluding hydrogens is 357 g/mol. The number of carbonyl (C=O) groups excluding carboxylic acids is 2. The van der Waals surface area contributed by atoms with Crippen LogP contribution < -0.4 is 0 Å². The summed E-state index contributed by atoms with van der Waals surface area (Å²) in [4.78, 5) is 27.7. The van der Waals surface area contributed by atoms with Gasteiger partial charge in [-0.1, -0.05) is 26.0 Å². The van der Waals surface area contributed by atoms with E-state index in [0.717, 1.165) is 18.4 Å². The molecule has 0 N–H and O–H groups in total. The number of rotatable bonds is 3. The molecule has 1 aliphatic carbocycles. The molecule has 28 heavy (non-hydrogen) atoms. The summed E-state index contributed by atoms with van der Waals surface area (Å²) in [6.45, 7) is 6.55. The van der Waals surface area contributed by atoms with Crippen molar-refractivity contribution in [3.05, 3.63) is 58.3 Å². The molecule has 148 valence electrons. The lowest BCUT2D eigenvalue weighted by atomic mass is 9.76. The van der Waals surface area contributed by atoms with Crippen LogP contribution >= 0.6 is 0 Å². The third-order valence-electron chi connectivity index (χ3n) is 5.97. The van der Waals surface area contributed by atoms with Gasteiger partial charge in [0.1, 0.15) is 11.6 Å². The fraction of sp³-hybridized carbons (Fsp3) is 0.478. The van der Waals surface area contributed by atoms with Gasteiger partial charge in [0, 0.05) is 31.0 Å². The van der Waals surface area contributed by atoms with E-state index in [2.05, 4.69) is 0 Å². The molecule has 1 aromatic heterocycles. The minimum Gasteiger partial charge on any atom is -0.455 e. The first-order valence-electron chi connectivity index (χ1n) is 9.96. The van der Waals surface area contributed by atoms with Crippen LogP contribution in [0.2, 0.25) is 0 Å². The van der Waals surface area contributed by atoms with E-state index in [-0.39, 0.29) is 29.0 Å². The quantitative estimate of drug-likeness (QED) is 0.770. The molecule has 1 amide bonds. The van der Waals surface area contributed by atoms with Crippen LogP contribution in [0.25, 0.3) is 0 Å². The van der Waals surface area contributed by atoms with Crippen LogP contribution in [-0.4, -0.2) is 29.2 Å². The lowest BCUT2D eigenvalue weighted by molar-refractivity contribution is 0.0698. The average molecular weight is 383 g/mol. The number of hydrogen-bond donors (Lipinski definition) is 0. The summed E-state index contributed by atoms with van der Waals surface area (Å²) < 4.78 is 19.5. The van der Waals surface area contributed by atoms with E-state index in [1.807, 2.05) is 31.7 Å². The molecule has 4 nitrogen and oxygen atoms in total. The van der Waals surface area contributed by atoms with Gasteiger partial charge in [-0.25, -0.2) is 4.39 Å². The topological polar surface area (TPSA) is 50.5 Å². The van der Waals surface area contributed by atoms with Crippen LogP contribution in [0.3, 0.4) is 0 Å². The Labute approximate surface area is 164 Å². The van der Waals surface area contributed by atoms with E-state index in [4.69, 9.17) is 4.42 Å². The van der Waals surface area contributed by atoms with Gasteiger partial charge in [-0.05, 0) is 49.3 Å². The van der Waals surface area contributed by atoms with Gasteiger partial charge in [0.25, 0.3) is 5.91 Å². The lowest BCUT2D eigenvalue weighted by Crippen LogP contribution is -2.37. The SMILES string of the molecule is Cc1c(C(=O)N2CCCC2Cc2cccc(F)c2)oc2c1C(=O)CC(C)(C)C2. The van der Waals surface area contributed by atoms with Crippen LogP contribution in [-0.2, 0) is 12.8 Å². The molecule has 1 atom stereocenters. The summed E-state index contributed by atoms with van der Waals surface area (Å²) in [5.74, 6) is 0.579. The number of carbonyl (C=O) groups is 2. The van der Waals surface area contributed by atoms with Crippen molar-refractivity contribution >= 4 is 11.7 Å². The Morgan fingerprint density at radius 1 is 1.32 bits per heavy atom. The van der Waals surface area contributed by atoms with Crippen molar-refractivity contribution in [2.45, 2.75) is 58.9 Å². The number of nitrogens with zero attached hydrogens (tertiary/aromatic N) is 1. The van der Waals surface area contributed by atoms with E-state index in [9.17, 15) is 14.0 Å². The van der Waals surface area contributed by atoms with E-state index >= 15 is 0 Å². The summed E-state index contributed by atoms with van der Waals surface area (Å²) in [5, 5.41) is 0. The molecule has 5 heteroatoms. The Morgan fingerprint density at radius 2 is 2.11 bits per heavy atom. The van der Waals surface area contributed by atoms with Gasteiger partial charge in [-0.15, -0.1) is 0 Å². The molecule has 0 radical (unpaired) electrons. The molecule has 1 aromatic carbocycles. The molecule has 1 fully saturated rings. The maximum absolute atomic E-state index is 13.5. The number of hydrogen-bond acceptors (Lipinski definition) is 3. The minimum absolute atomic E-state index is 0.0166. The molecule has 1 saturated heterocycles. The normalized spacial score (nSPS) is 21.1. The molecule has 2 aromatic rings. The first-order valence-corrected chi connectivity index (χ1v) is 9.96. The first kappa shape index (κ1) is 18.9. The monoisotopic (exact) mass is 383 g/mol. The summed E-state index contributed by atoms with van der Waals surface area (Å²) in [7, 11) is 0. The number of fused-ring (bicyclic) bond motifs is 1. The van der Waals surface area contributed by atoms with Gasteiger partial charge in [0.2, 0.25) is 0 Å². The highest BCUT2D eigenvalue weighted by atomic mass is 19.1. The van der Waals surface area contributed by atoms with Gasteiger partial charge in [-0.3, -0.25) is 9.59 Å². The van der Waals surface area contributed by atoms with E-state index < -0.39 is 0 Å². The van der Waals surface area contributed by atoms with Gasteiger partial charge >= 0.3 is 0 Å². The molecule has 0 saturated carbocycles. The Balaban J connectivity index is 1.60. The van der Waals surface area contributed by atoms with Crippen LogP contribution in [0, 0.1) is 18.2 Å². The highest BCUT2D eigenvalue weighted by molar-refractivity contribution is 6.03. The third-order valence-corrected chi connectivity index (χ3v) is 5.97. The number of furan rings is 1. The minimum atomic E-state index is -0.260. The van der Waals surface area contributed by atoms with E-state index in [1.54, 1.807) is 6.07 Å². The molecule has 2 aliphatic rings. The van der Waals surface area contributed by atoms with Crippen molar-refractivity contribution in [3.63, 3.8) is 0 Å². The Hall–Kier alpha value is -2.43. The molecule has 0 spiro atoms. The number of benzene rings is 1. The second-order valence-corrected chi connectivity index (χ2v) is 8.92. The number of ketones is 1. The van der Waals surface area contributed by atoms with Crippen molar-refractivity contribution in [2.75, 3.05) is 6.54 Å². The fourth-order valence-corrected chi connectivity index (χ4v) is 4.67. The Kier molecular flexibility index (Phi) is 4.64. The summed E-state index contributed by atoms with van der Waals surface area (Å²) in [6, 6.07) is 6.56. The highest BCUT2D eigenvalue weighted by Gasteiger charge is 2.39. The van der Waals surface area contributed by atoms with Crippen molar-refractivity contribution in [1.82, 2.24) is 4.90 Å². The second kappa shape index (κ2) is 6.87. The fourth-order valence-electron chi connectivity index (χ4n) is 4.67. The number of halogens is 1. The maximum Gasteiger partial charge on any atom is 0.290 e. The van der Waals surface area contributed by atoms with Crippen LogP contribution in [0.15, 0.2) is 28.7 Å². The van der Waals surface area contributed by atoms with Crippen molar-refractivity contribution in [1.29, 1.82) is 0 Å². The predicted octanol–water partition coefficient (Wildman–Crippen LogP) is 4.73. The summed E-state index contributed by atoms with van der Waals surface area (Å²) in [6.07, 6.45) is 3.55. The maximum atomic E-state index is 13.5. The average Bonchev–Trinajstić information content (AvgIpc) is 3.18. The predicted molar refractivity (Wildman–Crippen MR) is 104 cm³/mol. The number of likely N-dealkylation sites (tertiary alicyclic amines) is 1. The Morgan fingerprint density at radius 3 is 2.86 bits per heavy atom. The molecule has 2 heterocycles. The zero-order chi connectivity index (χ0) is 20.1. The first-order chi connectivity index (χ1) is 13.2. The zero-order valence-corrected chi connectivity index (χ0v) is 16.7. The van der Waals surface area contributed by atoms with Crippen LogP contribution in [0.4, 0.5) is 4.39 Å². The van der Waals surface area contributed by atoms with E-state index in [1.165, 1.54) is 12.1 Å². The van der Waals surface area contributed by atoms with Crippen molar-refractivity contribution in [2.24, 2.45) is 5.41 Å². The van der Waals surface area contributed by atoms with Crippen molar-refractivity contribution < 1.29 is 18.4 Å². The van der Waals surface area contributed by atoms with Gasteiger partial charge in [-0.2, -0.15) is 0 Å². The molecular formula is C23H26FNO3. The molecule has 4 rings (SSSR count). The Bertz CT molecular complexity index is 943. The van der Waals surface area contributed by atoms with Crippen LogP contribution in [0.5, 0.6) is 0 Å². The number of amides is 1. The summed E-state index contributed by atoms with van der Waals surface area (Å²) in [5.41, 5.74) is 2.00. The highest BCUT2D eigenvalue weighted by Crippen LogP contribution is 2.39. The van der Waals surface area contributed by atoms with Crippen LogP contribution in [0.1, 0.15) is 70.9 Å². The molecule has 1 aliphatic heterocycles. The molecule has 0 bridgehead atoms. The van der Waals surface area contributed by atoms with Crippen molar-refractivity contribution in [3.8, 4) is 0 Å². The van der Waals surface area contributed by atoms with Gasteiger partial charge in [0.15, 0.2) is 11.5 Å². The molecule has 1 unspecified atom stereocenters. The van der Waals surface area contributed by atoms with Gasteiger partial charge < -0.3 is 9.32 Å². The lowest BCUT2D eigenvalue weighted by Gasteiger charge is -2.27. The van der Waals surface area contributed by atoms with Gasteiger partial charge in [0.05, 0.1) is 5.56 Å². The second-order valence-electron chi connectivity index (χ2n) is 8.92.